The second kappa shape index (κ2) is 13.6. The van der Waals surface area contributed by atoms with E-state index >= 15 is 0 Å². The molecule has 1 aliphatic heterocycles. The number of anilines is 1. The van der Waals surface area contributed by atoms with E-state index in [0.717, 1.165) is 11.3 Å². The van der Waals surface area contributed by atoms with Gasteiger partial charge in [-0.1, -0.05) is 58.8 Å². The van der Waals surface area contributed by atoms with Gasteiger partial charge in [0.2, 0.25) is 0 Å². The number of carbonyl (C=O) groups is 2. The number of nitrogens with zero attached hydrogens (tertiary/aromatic N) is 2. The number of alkyl carbamates (subject to hydrolysis) is 1. The van der Waals surface area contributed by atoms with Crippen LogP contribution in [0.3, 0.4) is 0 Å². The fraction of sp³-hybridized carbons (Fsp3) is 0.516. The largest absolute Gasteiger partial charge is 0.543 e. The first-order valence-corrected chi connectivity index (χ1v) is 17.7. The van der Waals surface area contributed by atoms with Crippen LogP contribution in [0.2, 0.25) is 16.6 Å². The highest BCUT2D eigenvalue weighted by atomic mass is 32.2. The molecule has 236 valence electrons. The molecule has 0 aliphatic carbocycles. The van der Waals surface area contributed by atoms with Crippen LogP contribution in [0.4, 0.5) is 14.9 Å². The Labute approximate surface area is 259 Å². The maximum absolute atomic E-state index is 15.0. The van der Waals surface area contributed by atoms with E-state index in [4.69, 9.17) is 14.9 Å². The molecule has 0 spiro atoms. The normalized spacial score (nSPS) is 16.4. The molecule has 0 fully saturated rings. The Kier molecular flexibility index (Phi) is 10.8. The number of ether oxygens (including phenoxy) is 1. The number of hydrogen-bond donors (Lipinski definition) is 3. The van der Waals surface area contributed by atoms with Crippen LogP contribution in [-0.4, -0.2) is 48.8 Å². The Balaban J connectivity index is 2.00. The molecule has 1 aliphatic rings. The Hall–Kier alpha value is -3.25. The second-order valence-corrected chi connectivity index (χ2v) is 19.2. The van der Waals surface area contributed by atoms with Crippen LogP contribution in [-0.2, 0) is 16.1 Å². The van der Waals surface area contributed by atoms with Gasteiger partial charge in [-0.25, -0.2) is 9.18 Å². The summed E-state index contributed by atoms with van der Waals surface area (Å²) in [7, 11) is -2.16. The molecular formula is C31H45FN4O5SSi. The SMILES string of the molecule is CC(C)[Si](Oc1ccc(CN2C(=O)[C@@H](NC(=O)OC(C)(C)C)CSc3cc(F)c(/C(N)=N/O)cc32)cc1)(C(C)C)C(C)C. The highest BCUT2D eigenvalue weighted by Gasteiger charge is 2.47. The molecule has 1 atom stereocenters. The van der Waals surface area contributed by atoms with Crippen molar-refractivity contribution in [1.29, 1.82) is 0 Å². The number of carbonyl (C=O) groups excluding carboxylic acids is 2. The maximum Gasteiger partial charge on any atom is 0.408 e. The van der Waals surface area contributed by atoms with Crippen molar-refractivity contribution in [3.8, 4) is 5.75 Å². The van der Waals surface area contributed by atoms with Crippen molar-refractivity contribution in [3.63, 3.8) is 0 Å². The molecule has 0 radical (unpaired) electrons. The molecule has 4 N–H and O–H groups in total. The van der Waals surface area contributed by atoms with Gasteiger partial charge in [0.1, 0.15) is 23.2 Å². The van der Waals surface area contributed by atoms with Gasteiger partial charge in [0.15, 0.2) is 5.84 Å². The Morgan fingerprint density at radius 3 is 2.23 bits per heavy atom. The van der Waals surface area contributed by atoms with Crippen LogP contribution in [0, 0.1) is 5.82 Å². The topological polar surface area (TPSA) is 126 Å². The number of hydrogen-bond acceptors (Lipinski definition) is 7. The average molecular weight is 633 g/mol. The standard InChI is InChI=1S/C31H45FN4O5SSi/c1-18(2)43(19(3)4,20(5)6)41-22-12-10-21(11-13-22)16-36-26-14-23(28(33)35-39)24(32)15-27(26)42-17-25(29(36)37)34-30(38)40-31(7,8)9/h10-15,18-20,25,39H,16-17H2,1-9H3,(H2,33,35)(H,34,38)/t25-/m0/s1. The Morgan fingerprint density at radius 2 is 1.72 bits per heavy atom. The Bertz CT molecular complexity index is 1320. The van der Waals surface area contributed by atoms with Gasteiger partial charge in [-0.15, -0.1) is 11.8 Å². The summed E-state index contributed by atoms with van der Waals surface area (Å²) in [6, 6.07) is 9.37. The molecule has 1 heterocycles. The van der Waals surface area contributed by atoms with Crippen molar-refractivity contribution < 1.29 is 28.3 Å². The highest BCUT2D eigenvalue weighted by Crippen LogP contribution is 2.43. The van der Waals surface area contributed by atoms with E-state index in [1.807, 2.05) is 24.3 Å². The summed E-state index contributed by atoms with van der Waals surface area (Å²) in [5.74, 6) is -0.573. The summed E-state index contributed by atoms with van der Waals surface area (Å²) < 4.78 is 27.1. The molecule has 0 aromatic heterocycles. The van der Waals surface area contributed by atoms with Crippen molar-refractivity contribution >= 4 is 43.6 Å². The number of halogens is 1. The van der Waals surface area contributed by atoms with E-state index in [-0.39, 0.29) is 17.9 Å². The molecular weight excluding hydrogens is 588 g/mol. The van der Waals surface area contributed by atoms with Gasteiger partial charge >= 0.3 is 6.09 Å². The van der Waals surface area contributed by atoms with Gasteiger partial charge in [0, 0.05) is 10.6 Å². The van der Waals surface area contributed by atoms with Crippen molar-refractivity contribution in [1.82, 2.24) is 5.32 Å². The van der Waals surface area contributed by atoms with E-state index in [9.17, 15) is 19.2 Å². The fourth-order valence-corrected chi connectivity index (χ4v) is 12.1. The summed E-state index contributed by atoms with van der Waals surface area (Å²) in [6.07, 6.45) is -0.726. The number of amides is 2. The lowest BCUT2D eigenvalue weighted by atomic mass is 10.1. The summed E-state index contributed by atoms with van der Waals surface area (Å²) in [5.41, 5.74) is 7.28. The lowest BCUT2D eigenvalue weighted by Gasteiger charge is -2.42. The third kappa shape index (κ3) is 7.83. The molecule has 2 aromatic rings. The monoisotopic (exact) mass is 632 g/mol. The molecule has 3 rings (SSSR count). The Morgan fingerprint density at radius 1 is 1.14 bits per heavy atom. The van der Waals surface area contributed by atoms with Crippen LogP contribution in [0.15, 0.2) is 46.4 Å². The van der Waals surface area contributed by atoms with Crippen molar-refractivity contribution in [2.24, 2.45) is 10.9 Å². The number of nitrogens with two attached hydrogens (primary N) is 1. The third-order valence-electron chi connectivity index (χ3n) is 7.65. The molecule has 0 saturated heterocycles. The smallest absolute Gasteiger partial charge is 0.408 e. The number of nitrogens with one attached hydrogen (secondary N) is 1. The summed E-state index contributed by atoms with van der Waals surface area (Å²) in [6.45, 7) is 18.7. The first kappa shape index (κ1) is 34.2. The van der Waals surface area contributed by atoms with E-state index in [1.165, 1.54) is 28.8 Å². The number of amidine groups is 1. The van der Waals surface area contributed by atoms with Crippen LogP contribution in [0.5, 0.6) is 5.75 Å². The summed E-state index contributed by atoms with van der Waals surface area (Å²) in [5, 5.41) is 14.8. The minimum absolute atomic E-state index is 0.127. The maximum atomic E-state index is 15.0. The van der Waals surface area contributed by atoms with Crippen molar-refractivity contribution in [2.75, 3.05) is 10.7 Å². The van der Waals surface area contributed by atoms with Crippen LogP contribution in [0.25, 0.3) is 0 Å². The van der Waals surface area contributed by atoms with E-state index in [2.05, 4.69) is 52.0 Å². The highest BCUT2D eigenvalue weighted by molar-refractivity contribution is 7.99. The predicted octanol–water partition coefficient (Wildman–Crippen LogP) is 7.01. The minimum Gasteiger partial charge on any atom is -0.543 e. The molecule has 2 aromatic carbocycles. The molecule has 0 saturated carbocycles. The number of rotatable bonds is 9. The van der Waals surface area contributed by atoms with Gasteiger partial charge < -0.3 is 30.3 Å². The van der Waals surface area contributed by atoms with Crippen LogP contribution in [0.1, 0.15) is 73.4 Å². The lowest BCUT2D eigenvalue weighted by molar-refractivity contribution is -0.120. The first-order chi connectivity index (χ1) is 20.0. The molecule has 2 amide bonds. The zero-order valence-electron chi connectivity index (χ0n) is 26.5. The van der Waals surface area contributed by atoms with E-state index in [0.29, 0.717) is 27.2 Å². The second-order valence-electron chi connectivity index (χ2n) is 12.8. The summed E-state index contributed by atoms with van der Waals surface area (Å²) in [4.78, 5) is 28.5. The van der Waals surface area contributed by atoms with Gasteiger partial charge in [-0.05, 0) is 67.2 Å². The van der Waals surface area contributed by atoms with Gasteiger partial charge in [-0.2, -0.15) is 0 Å². The zero-order valence-corrected chi connectivity index (χ0v) is 28.3. The number of fused-ring (bicyclic) bond motifs is 1. The quantitative estimate of drug-likeness (QED) is 0.0893. The number of benzene rings is 2. The number of thioether (sulfide) groups is 1. The van der Waals surface area contributed by atoms with Gasteiger partial charge in [0.25, 0.3) is 14.2 Å². The lowest BCUT2D eigenvalue weighted by Crippen LogP contribution is -2.50. The van der Waals surface area contributed by atoms with Crippen molar-refractivity contribution in [3.05, 3.63) is 53.3 Å². The molecule has 12 heteroatoms. The van der Waals surface area contributed by atoms with E-state index < -0.39 is 43.6 Å². The average Bonchev–Trinajstić information content (AvgIpc) is 3.02. The van der Waals surface area contributed by atoms with Crippen LogP contribution < -0.4 is 20.4 Å². The fourth-order valence-electron chi connectivity index (χ4n) is 5.79. The third-order valence-corrected chi connectivity index (χ3v) is 14.8. The zero-order chi connectivity index (χ0) is 32.3. The molecule has 0 unspecified atom stereocenters. The molecule has 9 nitrogen and oxygen atoms in total. The van der Waals surface area contributed by atoms with Gasteiger partial charge in [-0.3, -0.25) is 4.79 Å². The van der Waals surface area contributed by atoms with Crippen LogP contribution >= 0.6 is 11.8 Å². The number of oxime groups is 1. The molecule has 0 bridgehead atoms. The molecule has 43 heavy (non-hydrogen) atoms. The van der Waals surface area contributed by atoms with Gasteiger partial charge in [0.05, 0.1) is 17.8 Å². The first-order valence-electron chi connectivity index (χ1n) is 14.5. The minimum atomic E-state index is -2.16. The predicted molar refractivity (Wildman–Crippen MR) is 172 cm³/mol. The van der Waals surface area contributed by atoms with Crippen molar-refractivity contribution in [2.45, 2.75) is 102 Å². The summed E-state index contributed by atoms with van der Waals surface area (Å²) >= 11 is 1.22. The van der Waals surface area contributed by atoms with E-state index in [1.54, 1.807) is 20.8 Å².